The smallest absolute Gasteiger partial charge is 0.224 e. The summed E-state index contributed by atoms with van der Waals surface area (Å²) in [5, 5.41) is 2.96. The molecule has 0 saturated carbocycles. The van der Waals surface area contributed by atoms with Crippen LogP contribution < -0.4 is 14.8 Å². The minimum Gasteiger partial charge on any atom is -0.493 e. The molecule has 0 aliphatic rings. The maximum absolute atomic E-state index is 12.1. The second-order valence-corrected chi connectivity index (χ2v) is 5.78. The van der Waals surface area contributed by atoms with E-state index >= 15 is 0 Å². The molecule has 2 rings (SSSR count). The highest BCUT2D eigenvalue weighted by molar-refractivity contribution is 5.78. The van der Waals surface area contributed by atoms with Crippen LogP contribution in [0.25, 0.3) is 0 Å². The molecular formula is C20H25NO3. The predicted octanol–water partition coefficient (Wildman–Crippen LogP) is 3.38. The molecule has 2 aromatic carbocycles. The van der Waals surface area contributed by atoms with Crippen molar-refractivity contribution >= 4 is 5.91 Å². The first-order chi connectivity index (χ1) is 11.6. The number of rotatable bonds is 8. The van der Waals surface area contributed by atoms with E-state index in [1.54, 1.807) is 7.11 Å². The minimum atomic E-state index is -0.0858. The monoisotopic (exact) mass is 327 g/mol. The van der Waals surface area contributed by atoms with E-state index in [0.717, 1.165) is 12.0 Å². The van der Waals surface area contributed by atoms with Crippen LogP contribution in [0.2, 0.25) is 0 Å². The Bertz CT molecular complexity index is 652. The first-order valence-electron chi connectivity index (χ1n) is 8.25. The van der Waals surface area contributed by atoms with Crippen LogP contribution in [-0.4, -0.2) is 25.7 Å². The SMILES string of the molecule is CCc1ccc(CC(=O)NC(C)COc2ccccc2OC)cc1. The maximum atomic E-state index is 12.1. The van der Waals surface area contributed by atoms with E-state index < -0.39 is 0 Å². The van der Waals surface area contributed by atoms with Gasteiger partial charge in [0, 0.05) is 0 Å². The lowest BCUT2D eigenvalue weighted by Crippen LogP contribution is -2.37. The van der Waals surface area contributed by atoms with Gasteiger partial charge in [0.15, 0.2) is 11.5 Å². The average molecular weight is 327 g/mol. The van der Waals surface area contributed by atoms with Gasteiger partial charge in [0.25, 0.3) is 0 Å². The third-order valence-corrected chi connectivity index (χ3v) is 3.76. The molecule has 1 atom stereocenters. The Morgan fingerprint density at radius 1 is 1.04 bits per heavy atom. The number of hydrogen-bond donors (Lipinski definition) is 1. The van der Waals surface area contributed by atoms with Gasteiger partial charge < -0.3 is 14.8 Å². The Balaban J connectivity index is 1.80. The van der Waals surface area contributed by atoms with Crippen molar-refractivity contribution in [1.29, 1.82) is 0 Å². The molecular weight excluding hydrogens is 302 g/mol. The fourth-order valence-corrected chi connectivity index (χ4v) is 2.40. The first kappa shape index (κ1) is 17.9. The van der Waals surface area contributed by atoms with E-state index in [0.29, 0.717) is 24.5 Å². The topological polar surface area (TPSA) is 47.6 Å². The summed E-state index contributed by atoms with van der Waals surface area (Å²) in [5.74, 6) is 1.36. The van der Waals surface area contributed by atoms with Gasteiger partial charge in [-0.2, -0.15) is 0 Å². The van der Waals surface area contributed by atoms with Gasteiger partial charge in [-0.05, 0) is 36.6 Å². The van der Waals surface area contributed by atoms with Crippen molar-refractivity contribution in [3.05, 3.63) is 59.7 Å². The van der Waals surface area contributed by atoms with E-state index in [2.05, 4.69) is 24.4 Å². The van der Waals surface area contributed by atoms with Crippen LogP contribution in [0.1, 0.15) is 25.0 Å². The summed E-state index contributed by atoms with van der Waals surface area (Å²) in [6.07, 6.45) is 1.38. The van der Waals surface area contributed by atoms with Crippen molar-refractivity contribution < 1.29 is 14.3 Å². The Morgan fingerprint density at radius 2 is 1.67 bits per heavy atom. The summed E-state index contributed by atoms with van der Waals surface area (Å²) in [7, 11) is 1.61. The van der Waals surface area contributed by atoms with E-state index in [1.165, 1.54) is 5.56 Å². The Hall–Kier alpha value is -2.49. The van der Waals surface area contributed by atoms with Crippen molar-refractivity contribution in [2.24, 2.45) is 0 Å². The molecule has 0 heterocycles. The number of hydrogen-bond acceptors (Lipinski definition) is 3. The van der Waals surface area contributed by atoms with Crippen molar-refractivity contribution in [2.45, 2.75) is 32.7 Å². The molecule has 0 radical (unpaired) electrons. The van der Waals surface area contributed by atoms with Crippen molar-refractivity contribution in [3.63, 3.8) is 0 Å². The van der Waals surface area contributed by atoms with Crippen molar-refractivity contribution in [2.75, 3.05) is 13.7 Å². The molecule has 2 aromatic rings. The summed E-state index contributed by atoms with van der Waals surface area (Å²) >= 11 is 0. The fraction of sp³-hybridized carbons (Fsp3) is 0.350. The van der Waals surface area contributed by atoms with E-state index in [9.17, 15) is 4.79 Å². The van der Waals surface area contributed by atoms with Gasteiger partial charge in [-0.25, -0.2) is 0 Å². The quantitative estimate of drug-likeness (QED) is 0.808. The van der Waals surface area contributed by atoms with Gasteiger partial charge in [-0.3, -0.25) is 4.79 Å². The molecule has 0 aliphatic heterocycles. The lowest BCUT2D eigenvalue weighted by Gasteiger charge is -2.16. The number of methoxy groups -OCH3 is 1. The number of ether oxygens (including phenoxy) is 2. The largest absolute Gasteiger partial charge is 0.493 e. The standard InChI is InChI=1S/C20H25NO3/c1-4-16-9-11-17(12-10-16)13-20(22)21-15(2)14-24-19-8-6-5-7-18(19)23-3/h5-12,15H,4,13-14H2,1-3H3,(H,21,22). The number of carbonyl (C=O) groups is 1. The van der Waals surface area contributed by atoms with Crippen molar-refractivity contribution in [1.82, 2.24) is 5.32 Å². The van der Waals surface area contributed by atoms with Gasteiger partial charge in [0.1, 0.15) is 6.61 Å². The van der Waals surface area contributed by atoms with E-state index in [-0.39, 0.29) is 11.9 Å². The number of nitrogens with one attached hydrogen (secondary N) is 1. The van der Waals surface area contributed by atoms with Crippen molar-refractivity contribution in [3.8, 4) is 11.5 Å². The number of amides is 1. The number of aryl methyl sites for hydroxylation is 1. The van der Waals surface area contributed by atoms with Crippen LogP contribution in [-0.2, 0) is 17.6 Å². The predicted molar refractivity (Wildman–Crippen MR) is 95.6 cm³/mol. The van der Waals surface area contributed by atoms with Crippen LogP contribution in [0.5, 0.6) is 11.5 Å². The molecule has 0 bridgehead atoms. The molecule has 0 aromatic heterocycles. The lowest BCUT2D eigenvalue weighted by molar-refractivity contribution is -0.121. The number of benzene rings is 2. The second-order valence-electron chi connectivity index (χ2n) is 5.78. The zero-order valence-electron chi connectivity index (χ0n) is 14.5. The third-order valence-electron chi connectivity index (χ3n) is 3.76. The van der Waals surface area contributed by atoms with Gasteiger partial charge in [-0.15, -0.1) is 0 Å². The lowest BCUT2D eigenvalue weighted by atomic mass is 10.1. The molecule has 24 heavy (non-hydrogen) atoms. The molecule has 1 amide bonds. The third kappa shape index (κ3) is 5.30. The fourth-order valence-electron chi connectivity index (χ4n) is 2.40. The Morgan fingerprint density at radius 3 is 2.29 bits per heavy atom. The molecule has 128 valence electrons. The Kier molecular flexibility index (Phi) is 6.67. The van der Waals surface area contributed by atoms with E-state index in [1.807, 2.05) is 43.3 Å². The van der Waals surface area contributed by atoms with Crippen LogP contribution in [0.3, 0.4) is 0 Å². The van der Waals surface area contributed by atoms with Crippen LogP contribution in [0.15, 0.2) is 48.5 Å². The molecule has 0 aliphatic carbocycles. The molecule has 1 unspecified atom stereocenters. The molecule has 0 saturated heterocycles. The summed E-state index contributed by atoms with van der Waals surface area (Å²) in [6.45, 7) is 4.43. The highest BCUT2D eigenvalue weighted by atomic mass is 16.5. The van der Waals surface area contributed by atoms with Crippen LogP contribution >= 0.6 is 0 Å². The minimum absolute atomic E-state index is 0.00428. The molecule has 0 spiro atoms. The first-order valence-corrected chi connectivity index (χ1v) is 8.25. The second kappa shape index (κ2) is 8.96. The van der Waals surface area contributed by atoms with Gasteiger partial charge in [-0.1, -0.05) is 43.3 Å². The summed E-state index contributed by atoms with van der Waals surface area (Å²) in [4.78, 5) is 12.1. The zero-order chi connectivity index (χ0) is 17.4. The maximum Gasteiger partial charge on any atom is 0.224 e. The van der Waals surface area contributed by atoms with Gasteiger partial charge in [0.2, 0.25) is 5.91 Å². The molecule has 1 N–H and O–H groups in total. The summed E-state index contributed by atoms with van der Waals surface area (Å²) in [6, 6.07) is 15.5. The van der Waals surface area contributed by atoms with Gasteiger partial charge >= 0.3 is 0 Å². The zero-order valence-corrected chi connectivity index (χ0v) is 14.5. The molecule has 4 nitrogen and oxygen atoms in total. The highest BCUT2D eigenvalue weighted by Crippen LogP contribution is 2.25. The van der Waals surface area contributed by atoms with Crippen LogP contribution in [0.4, 0.5) is 0 Å². The average Bonchev–Trinajstić information content (AvgIpc) is 2.60. The summed E-state index contributed by atoms with van der Waals surface area (Å²) < 4.78 is 11.0. The highest BCUT2D eigenvalue weighted by Gasteiger charge is 2.10. The molecule has 0 fully saturated rings. The number of carbonyl (C=O) groups excluding carboxylic acids is 1. The summed E-state index contributed by atoms with van der Waals surface area (Å²) in [5.41, 5.74) is 2.29. The van der Waals surface area contributed by atoms with E-state index in [4.69, 9.17) is 9.47 Å². The number of para-hydroxylation sites is 2. The molecule has 4 heteroatoms. The van der Waals surface area contributed by atoms with Crippen LogP contribution in [0, 0.1) is 0 Å². The Labute approximate surface area is 143 Å². The normalized spacial score (nSPS) is 11.6. The van der Waals surface area contributed by atoms with Gasteiger partial charge in [0.05, 0.1) is 19.6 Å².